The van der Waals surface area contributed by atoms with Gasteiger partial charge < -0.3 is 5.32 Å². The fraction of sp³-hybridized carbons (Fsp3) is 0.364. The van der Waals surface area contributed by atoms with Crippen molar-refractivity contribution in [2.45, 2.75) is 24.4 Å². The standard InChI is InChI=1S/C11H16N6O2S/c1-8(11-13-16-17-14-11)15-20(18,19)10-5-3-4-9(6-10)7-12-2/h3-6,8,12,15H,7H2,1-2H3,(H,13,14,16,17). The van der Waals surface area contributed by atoms with Crippen LogP contribution in [0.15, 0.2) is 29.2 Å². The number of aromatic nitrogens is 4. The topological polar surface area (TPSA) is 113 Å². The monoisotopic (exact) mass is 296 g/mol. The van der Waals surface area contributed by atoms with Gasteiger partial charge >= 0.3 is 0 Å². The number of aromatic amines is 1. The van der Waals surface area contributed by atoms with Crippen molar-refractivity contribution in [1.82, 2.24) is 30.7 Å². The highest BCUT2D eigenvalue weighted by molar-refractivity contribution is 7.89. The van der Waals surface area contributed by atoms with Crippen molar-refractivity contribution >= 4 is 10.0 Å². The van der Waals surface area contributed by atoms with Crippen molar-refractivity contribution in [1.29, 1.82) is 0 Å². The number of sulfonamides is 1. The Balaban J connectivity index is 2.20. The normalized spacial score (nSPS) is 13.3. The molecule has 108 valence electrons. The highest BCUT2D eigenvalue weighted by Gasteiger charge is 2.20. The third kappa shape index (κ3) is 3.38. The number of rotatable bonds is 6. The molecule has 0 bridgehead atoms. The van der Waals surface area contributed by atoms with E-state index in [0.29, 0.717) is 12.4 Å². The predicted octanol–water partition coefficient (Wildman–Crippen LogP) is -0.0414. The zero-order chi connectivity index (χ0) is 14.6. The molecular formula is C11H16N6O2S. The molecule has 1 heterocycles. The molecule has 0 radical (unpaired) electrons. The lowest BCUT2D eigenvalue weighted by molar-refractivity contribution is 0.559. The van der Waals surface area contributed by atoms with E-state index in [2.05, 4.69) is 30.7 Å². The Morgan fingerprint density at radius 3 is 2.85 bits per heavy atom. The van der Waals surface area contributed by atoms with E-state index in [1.165, 1.54) is 0 Å². The smallest absolute Gasteiger partial charge is 0.241 e. The molecule has 0 saturated heterocycles. The first kappa shape index (κ1) is 14.6. The summed E-state index contributed by atoms with van der Waals surface area (Å²) in [7, 11) is -1.82. The van der Waals surface area contributed by atoms with Gasteiger partial charge in [-0.15, -0.1) is 10.2 Å². The Kier molecular flexibility index (Phi) is 4.42. The van der Waals surface area contributed by atoms with E-state index >= 15 is 0 Å². The first-order valence-corrected chi connectivity index (χ1v) is 7.50. The molecule has 0 amide bonds. The van der Waals surface area contributed by atoms with Crippen LogP contribution in [0.4, 0.5) is 0 Å². The quantitative estimate of drug-likeness (QED) is 0.689. The van der Waals surface area contributed by atoms with E-state index in [1.807, 2.05) is 6.07 Å². The van der Waals surface area contributed by atoms with Crippen molar-refractivity contribution in [3.05, 3.63) is 35.7 Å². The van der Waals surface area contributed by atoms with E-state index < -0.39 is 16.1 Å². The predicted molar refractivity (Wildman–Crippen MR) is 72.1 cm³/mol. The lowest BCUT2D eigenvalue weighted by atomic mass is 10.2. The highest BCUT2D eigenvalue weighted by atomic mass is 32.2. The molecule has 0 spiro atoms. The molecule has 0 saturated carbocycles. The average Bonchev–Trinajstić information content (AvgIpc) is 2.93. The molecule has 2 aromatic rings. The lowest BCUT2D eigenvalue weighted by Gasteiger charge is -2.11. The third-order valence-corrected chi connectivity index (χ3v) is 4.21. The van der Waals surface area contributed by atoms with Gasteiger partial charge in [0, 0.05) is 6.54 Å². The number of nitrogens with zero attached hydrogens (tertiary/aromatic N) is 3. The maximum Gasteiger partial charge on any atom is 0.241 e. The fourth-order valence-electron chi connectivity index (χ4n) is 1.73. The molecular weight excluding hydrogens is 280 g/mol. The van der Waals surface area contributed by atoms with Gasteiger partial charge in [0.25, 0.3) is 0 Å². The average molecular weight is 296 g/mol. The molecule has 1 aromatic carbocycles. The Morgan fingerprint density at radius 1 is 1.40 bits per heavy atom. The Labute approximate surface area is 117 Å². The number of benzene rings is 1. The molecule has 0 aliphatic carbocycles. The fourth-order valence-corrected chi connectivity index (χ4v) is 3.00. The number of nitrogens with one attached hydrogen (secondary N) is 3. The summed E-state index contributed by atoms with van der Waals surface area (Å²) in [6.07, 6.45) is 0. The van der Waals surface area contributed by atoms with Gasteiger partial charge in [-0.1, -0.05) is 17.3 Å². The number of H-pyrrole nitrogens is 1. The molecule has 0 aliphatic heterocycles. The number of hydrogen-bond donors (Lipinski definition) is 3. The minimum absolute atomic E-state index is 0.209. The van der Waals surface area contributed by atoms with Crippen LogP contribution < -0.4 is 10.0 Å². The van der Waals surface area contributed by atoms with Crippen LogP contribution in [0.1, 0.15) is 24.4 Å². The molecule has 8 nitrogen and oxygen atoms in total. The van der Waals surface area contributed by atoms with Crippen LogP contribution in [0, 0.1) is 0 Å². The van der Waals surface area contributed by atoms with Gasteiger partial charge in [-0.2, -0.15) is 5.21 Å². The lowest BCUT2D eigenvalue weighted by Crippen LogP contribution is -2.27. The van der Waals surface area contributed by atoms with Gasteiger partial charge in [0.2, 0.25) is 10.0 Å². The largest absolute Gasteiger partial charge is 0.316 e. The highest BCUT2D eigenvalue weighted by Crippen LogP contribution is 2.15. The van der Waals surface area contributed by atoms with Gasteiger partial charge in [-0.25, -0.2) is 13.1 Å². The number of hydrogen-bond acceptors (Lipinski definition) is 6. The summed E-state index contributed by atoms with van der Waals surface area (Å²) in [5.74, 6) is 0.292. The second-order valence-corrected chi connectivity index (χ2v) is 6.00. The minimum atomic E-state index is -3.63. The molecule has 2 rings (SSSR count). The third-order valence-electron chi connectivity index (χ3n) is 2.67. The van der Waals surface area contributed by atoms with Gasteiger partial charge in [-0.05, 0) is 31.7 Å². The zero-order valence-corrected chi connectivity index (χ0v) is 12.0. The van der Waals surface area contributed by atoms with Crippen molar-refractivity contribution < 1.29 is 8.42 Å². The SMILES string of the molecule is CNCc1cccc(S(=O)(=O)NC(C)c2nn[nH]n2)c1. The maximum absolute atomic E-state index is 12.3. The van der Waals surface area contributed by atoms with Crippen LogP contribution in [0.2, 0.25) is 0 Å². The van der Waals surface area contributed by atoms with Crippen molar-refractivity contribution in [2.75, 3.05) is 7.05 Å². The van der Waals surface area contributed by atoms with E-state index in [1.54, 1.807) is 32.2 Å². The molecule has 0 fully saturated rings. The maximum atomic E-state index is 12.3. The van der Waals surface area contributed by atoms with Gasteiger partial charge in [0.1, 0.15) is 0 Å². The van der Waals surface area contributed by atoms with E-state index in [0.717, 1.165) is 5.56 Å². The molecule has 1 aromatic heterocycles. The molecule has 3 N–H and O–H groups in total. The molecule has 9 heteroatoms. The summed E-state index contributed by atoms with van der Waals surface area (Å²) in [5.41, 5.74) is 0.891. The van der Waals surface area contributed by atoms with Gasteiger partial charge in [0.15, 0.2) is 5.82 Å². The molecule has 0 aliphatic rings. The second kappa shape index (κ2) is 6.07. The molecule has 1 atom stereocenters. The Morgan fingerprint density at radius 2 is 2.20 bits per heavy atom. The summed E-state index contributed by atoms with van der Waals surface area (Å²) >= 11 is 0. The second-order valence-electron chi connectivity index (χ2n) is 4.29. The van der Waals surface area contributed by atoms with Crippen molar-refractivity contribution in [3.8, 4) is 0 Å². The Hall–Kier alpha value is -1.84. The van der Waals surface area contributed by atoms with Crippen LogP contribution in [0.5, 0.6) is 0 Å². The van der Waals surface area contributed by atoms with E-state index in [4.69, 9.17) is 0 Å². The van der Waals surface area contributed by atoms with Gasteiger partial charge in [-0.3, -0.25) is 0 Å². The van der Waals surface area contributed by atoms with Crippen LogP contribution in [0.25, 0.3) is 0 Å². The van der Waals surface area contributed by atoms with Crippen molar-refractivity contribution in [3.63, 3.8) is 0 Å². The first-order chi connectivity index (χ1) is 9.53. The van der Waals surface area contributed by atoms with E-state index in [9.17, 15) is 8.42 Å². The van der Waals surface area contributed by atoms with Crippen LogP contribution in [0.3, 0.4) is 0 Å². The van der Waals surface area contributed by atoms with Crippen LogP contribution in [-0.4, -0.2) is 36.1 Å². The first-order valence-electron chi connectivity index (χ1n) is 6.02. The van der Waals surface area contributed by atoms with Crippen LogP contribution >= 0.6 is 0 Å². The summed E-state index contributed by atoms with van der Waals surface area (Å²) < 4.78 is 27.1. The zero-order valence-electron chi connectivity index (χ0n) is 11.2. The van der Waals surface area contributed by atoms with Gasteiger partial charge in [0.05, 0.1) is 10.9 Å². The summed E-state index contributed by atoms with van der Waals surface area (Å²) in [6.45, 7) is 2.25. The molecule has 1 unspecified atom stereocenters. The number of tetrazole rings is 1. The minimum Gasteiger partial charge on any atom is -0.316 e. The van der Waals surface area contributed by atoms with Crippen LogP contribution in [-0.2, 0) is 16.6 Å². The van der Waals surface area contributed by atoms with Crippen molar-refractivity contribution in [2.24, 2.45) is 0 Å². The summed E-state index contributed by atoms with van der Waals surface area (Å²) in [4.78, 5) is 0.209. The van der Waals surface area contributed by atoms with E-state index in [-0.39, 0.29) is 4.90 Å². The summed E-state index contributed by atoms with van der Waals surface area (Å²) in [6, 6.07) is 6.18. The molecule has 20 heavy (non-hydrogen) atoms. The summed E-state index contributed by atoms with van der Waals surface area (Å²) in [5, 5.41) is 16.2. The Bertz CT molecular complexity index is 655.